The van der Waals surface area contributed by atoms with Crippen molar-refractivity contribution in [2.45, 2.75) is 19.8 Å². The molecular formula is C19H19NO2. The highest BCUT2D eigenvalue weighted by Gasteiger charge is 2.32. The SMILES string of the molecule is CCOC(=O)C1=C(C)Nc2ccccc2C1c1ccccc1. The van der Waals surface area contributed by atoms with Crippen molar-refractivity contribution < 1.29 is 9.53 Å². The van der Waals surface area contributed by atoms with Gasteiger partial charge in [0.2, 0.25) is 0 Å². The van der Waals surface area contributed by atoms with Crippen molar-refractivity contribution in [2.24, 2.45) is 0 Å². The Morgan fingerprint density at radius 1 is 1.09 bits per heavy atom. The van der Waals surface area contributed by atoms with E-state index in [4.69, 9.17) is 4.74 Å². The molecule has 0 radical (unpaired) electrons. The van der Waals surface area contributed by atoms with E-state index in [-0.39, 0.29) is 11.9 Å². The zero-order chi connectivity index (χ0) is 15.5. The summed E-state index contributed by atoms with van der Waals surface area (Å²) in [6.45, 7) is 4.13. The van der Waals surface area contributed by atoms with E-state index in [1.54, 1.807) is 0 Å². The van der Waals surface area contributed by atoms with Crippen LogP contribution in [-0.4, -0.2) is 12.6 Å². The van der Waals surface area contributed by atoms with Gasteiger partial charge in [-0.1, -0.05) is 48.5 Å². The van der Waals surface area contributed by atoms with E-state index in [9.17, 15) is 4.79 Å². The smallest absolute Gasteiger partial charge is 0.336 e. The van der Waals surface area contributed by atoms with Crippen molar-refractivity contribution >= 4 is 11.7 Å². The van der Waals surface area contributed by atoms with Crippen molar-refractivity contribution in [2.75, 3.05) is 11.9 Å². The Hall–Kier alpha value is -2.55. The zero-order valence-electron chi connectivity index (χ0n) is 12.8. The molecule has 3 rings (SSSR count). The first kappa shape index (κ1) is 14.4. The second kappa shape index (κ2) is 6.06. The maximum absolute atomic E-state index is 12.5. The number of rotatable bonds is 3. The molecule has 0 aliphatic carbocycles. The molecule has 1 aliphatic rings. The quantitative estimate of drug-likeness (QED) is 0.867. The molecule has 22 heavy (non-hydrogen) atoms. The molecule has 1 heterocycles. The highest BCUT2D eigenvalue weighted by molar-refractivity contribution is 5.94. The molecule has 1 N–H and O–H groups in total. The lowest BCUT2D eigenvalue weighted by Gasteiger charge is -2.30. The minimum atomic E-state index is -0.254. The molecule has 0 fully saturated rings. The van der Waals surface area contributed by atoms with Crippen LogP contribution in [0.4, 0.5) is 5.69 Å². The maximum atomic E-state index is 12.5. The van der Waals surface area contributed by atoms with Crippen molar-refractivity contribution in [3.8, 4) is 0 Å². The predicted octanol–water partition coefficient (Wildman–Crippen LogP) is 4.08. The van der Waals surface area contributed by atoms with Gasteiger partial charge in [-0.05, 0) is 31.0 Å². The van der Waals surface area contributed by atoms with E-state index < -0.39 is 0 Å². The van der Waals surface area contributed by atoms with Gasteiger partial charge in [-0.3, -0.25) is 0 Å². The zero-order valence-corrected chi connectivity index (χ0v) is 12.8. The van der Waals surface area contributed by atoms with Crippen molar-refractivity contribution in [1.29, 1.82) is 0 Å². The van der Waals surface area contributed by atoms with Crippen LogP contribution >= 0.6 is 0 Å². The summed E-state index contributed by atoms with van der Waals surface area (Å²) in [5.74, 6) is -0.353. The van der Waals surface area contributed by atoms with Crippen LogP contribution in [0.1, 0.15) is 30.9 Å². The monoisotopic (exact) mass is 293 g/mol. The van der Waals surface area contributed by atoms with Gasteiger partial charge in [-0.2, -0.15) is 0 Å². The summed E-state index contributed by atoms with van der Waals surface area (Å²) < 4.78 is 5.28. The van der Waals surface area contributed by atoms with Crippen molar-refractivity contribution in [3.63, 3.8) is 0 Å². The Balaban J connectivity index is 2.17. The van der Waals surface area contributed by atoms with Crippen molar-refractivity contribution in [3.05, 3.63) is 77.0 Å². The van der Waals surface area contributed by atoms with Gasteiger partial charge in [0.05, 0.1) is 12.2 Å². The molecule has 0 spiro atoms. The molecule has 2 aromatic rings. The van der Waals surface area contributed by atoms with Gasteiger partial charge in [0.15, 0.2) is 0 Å². The van der Waals surface area contributed by atoms with Gasteiger partial charge in [0.1, 0.15) is 0 Å². The fraction of sp³-hybridized carbons (Fsp3) is 0.211. The molecule has 1 aliphatic heterocycles. The number of nitrogens with one attached hydrogen (secondary N) is 1. The molecule has 3 heteroatoms. The number of anilines is 1. The molecule has 3 nitrogen and oxygen atoms in total. The first-order valence-electron chi connectivity index (χ1n) is 7.51. The Morgan fingerprint density at radius 3 is 2.50 bits per heavy atom. The summed E-state index contributed by atoms with van der Waals surface area (Å²) in [5, 5.41) is 3.33. The van der Waals surface area contributed by atoms with Crippen LogP contribution in [0.5, 0.6) is 0 Å². The van der Waals surface area contributed by atoms with Crippen LogP contribution in [0.25, 0.3) is 0 Å². The number of fused-ring (bicyclic) bond motifs is 1. The Labute approximate surface area is 130 Å². The molecule has 112 valence electrons. The Morgan fingerprint density at radius 2 is 1.77 bits per heavy atom. The largest absolute Gasteiger partial charge is 0.463 e. The fourth-order valence-electron chi connectivity index (χ4n) is 2.98. The van der Waals surface area contributed by atoms with Gasteiger partial charge in [0.25, 0.3) is 0 Å². The molecule has 0 bridgehead atoms. The van der Waals surface area contributed by atoms with E-state index in [1.807, 2.05) is 50.2 Å². The number of hydrogen-bond acceptors (Lipinski definition) is 3. The summed E-state index contributed by atoms with van der Waals surface area (Å²) in [4.78, 5) is 12.5. The molecular weight excluding hydrogens is 274 g/mol. The number of esters is 1. The van der Waals surface area contributed by atoms with E-state index in [2.05, 4.69) is 23.5 Å². The van der Waals surface area contributed by atoms with E-state index in [0.29, 0.717) is 12.2 Å². The molecule has 0 aromatic heterocycles. The third-order valence-corrected chi connectivity index (χ3v) is 3.91. The number of ether oxygens (including phenoxy) is 1. The van der Waals surface area contributed by atoms with Crippen LogP contribution in [-0.2, 0) is 9.53 Å². The predicted molar refractivity (Wildman–Crippen MR) is 87.7 cm³/mol. The van der Waals surface area contributed by atoms with Crippen LogP contribution in [0.15, 0.2) is 65.9 Å². The number of hydrogen-bond donors (Lipinski definition) is 1. The molecule has 0 saturated carbocycles. The highest BCUT2D eigenvalue weighted by atomic mass is 16.5. The summed E-state index contributed by atoms with van der Waals surface area (Å²) in [5.41, 5.74) is 4.78. The third-order valence-electron chi connectivity index (χ3n) is 3.91. The minimum absolute atomic E-state index is 0.0994. The topological polar surface area (TPSA) is 38.3 Å². The lowest BCUT2D eigenvalue weighted by Crippen LogP contribution is -2.24. The number of para-hydroxylation sites is 1. The van der Waals surface area contributed by atoms with Gasteiger partial charge < -0.3 is 10.1 Å². The number of carbonyl (C=O) groups is 1. The second-order valence-electron chi connectivity index (χ2n) is 5.32. The van der Waals surface area contributed by atoms with Gasteiger partial charge >= 0.3 is 5.97 Å². The first-order chi connectivity index (χ1) is 10.7. The highest BCUT2D eigenvalue weighted by Crippen LogP contribution is 2.41. The summed E-state index contributed by atoms with van der Waals surface area (Å²) >= 11 is 0. The number of allylic oxidation sites excluding steroid dienone is 1. The normalized spacial score (nSPS) is 16.7. The molecule has 2 aromatic carbocycles. The first-order valence-corrected chi connectivity index (χ1v) is 7.51. The number of benzene rings is 2. The van der Waals surface area contributed by atoms with Crippen LogP contribution in [0.2, 0.25) is 0 Å². The minimum Gasteiger partial charge on any atom is -0.463 e. The van der Waals surface area contributed by atoms with Crippen molar-refractivity contribution in [1.82, 2.24) is 0 Å². The maximum Gasteiger partial charge on any atom is 0.336 e. The van der Waals surface area contributed by atoms with Gasteiger partial charge in [-0.25, -0.2) is 4.79 Å². The average molecular weight is 293 g/mol. The molecule has 0 saturated heterocycles. The molecule has 1 atom stereocenters. The standard InChI is InChI=1S/C19H19NO2/c1-3-22-19(21)17-13(2)20-16-12-8-7-11-15(16)18(17)14-9-5-4-6-10-14/h4-12,18,20H,3H2,1-2H3. The summed E-state index contributed by atoms with van der Waals surface area (Å²) in [7, 11) is 0. The van der Waals surface area contributed by atoms with Gasteiger partial charge in [0, 0.05) is 17.3 Å². The van der Waals surface area contributed by atoms with Crippen LogP contribution < -0.4 is 5.32 Å². The van der Waals surface area contributed by atoms with Gasteiger partial charge in [-0.15, -0.1) is 0 Å². The lowest BCUT2D eigenvalue weighted by molar-refractivity contribution is -0.138. The van der Waals surface area contributed by atoms with E-state index >= 15 is 0 Å². The fourth-order valence-corrected chi connectivity index (χ4v) is 2.98. The number of carbonyl (C=O) groups excluding carboxylic acids is 1. The van der Waals surface area contributed by atoms with E-state index in [0.717, 1.165) is 22.5 Å². The summed E-state index contributed by atoms with van der Waals surface area (Å²) in [6, 6.07) is 18.2. The Bertz CT molecular complexity index is 719. The van der Waals surface area contributed by atoms with Crippen LogP contribution in [0.3, 0.4) is 0 Å². The Kier molecular flexibility index (Phi) is 3.96. The molecule has 1 unspecified atom stereocenters. The second-order valence-corrected chi connectivity index (χ2v) is 5.32. The third kappa shape index (κ3) is 2.50. The summed E-state index contributed by atoms with van der Waals surface area (Å²) in [6.07, 6.45) is 0. The van der Waals surface area contributed by atoms with Crippen LogP contribution in [0, 0.1) is 0 Å². The average Bonchev–Trinajstić information content (AvgIpc) is 2.54. The molecule has 0 amide bonds. The van der Waals surface area contributed by atoms with E-state index in [1.165, 1.54) is 0 Å². The lowest BCUT2D eigenvalue weighted by atomic mass is 9.81.